The average Bonchev–Trinajstić information content (AvgIpc) is 2.54. The fourth-order valence-corrected chi connectivity index (χ4v) is 2.70. The second-order valence-electron chi connectivity index (χ2n) is 4.91. The third-order valence-electron chi connectivity index (χ3n) is 3.44. The first kappa shape index (κ1) is 14.7. The van der Waals surface area contributed by atoms with Crippen LogP contribution in [-0.4, -0.2) is 10.9 Å². The van der Waals surface area contributed by atoms with E-state index in [2.05, 4.69) is 20.9 Å². The van der Waals surface area contributed by atoms with Gasteiger partial charge in [0.15, 0.2) is 0 Å². The first-order valence-electron chi connectivity index (χ1n) is 6.64. The minimum atomic E-state index is -0.588. The summed E-state index contributed by atoms with van der Waals surface area (Å²) in [6.45, 7) is 0. The lowest BCUT2D eigenvalue weighted by molar-refractivity contribution is 0.0996. The molecule has 0 bridgehead atoms. The van der Waals surface area contributed by atoms with Crippen molar-refractivity contribution in [1.29, 1.82) is 0 Å². The number of benzene rings is 2. The SMILES string of the molecule is NC(=O)c1cc(-c2ccc(F)cc2)c2ccc(CBr)cc2n1. The zero-order valence-electron chi connectivity index (χ0n) is 11.5. The van der Waals surface area contributed by atoms with E-state index < -0.39 is 5.91 Å². The number of fused-ring (bicyclic) bond motifs is 1. The largest absolute Gasteiger partial charge is 0.364 e. The molecule has 0 fully saturated rings. The fourth-order valence-electron chi connectivity index (χ4n) is 2.35. The summed E-state index contributed by atoms with van der Waals surface area (Å²) in [7, 11) is 0. The summed E-state index contributed by atoms with van der Waals surface area (Å²) < 4.78 is 13.1. The molecule has 0 aliphatic heterocycles. The summed E-state index contributed by atoms with van der Waals surface area (Å²) in [6, 6.07) is 13.6. The molecule has 1 heterocycles. The van der Waals surface area contributed by atoms with Crippen molar-refractivity contribution in [2.75, 3.05) is 0 Å². The number of halogens is 2. The van der Waals surface area contributed by atoms with Gasteiger partial charge in [0.1, 0.15) is 11.5 Å². The molecule has 2 N–H and O–H groups in total. The molecule has 3 nitrogen and oxygen atoms in total. The van der Waals surface area contributed by atoms with E-state index in [1.807, 2.05) is 18.2 Å². The monoisotopic (exact) mass is 358 g/mol. The van der Waals surface area contributed by atoms with Crippen molar-refractivity contribution < 1.29 is 9.18 Å². The van der Waals surface area contributed by atoms with Crippen LogP contribution in [0.3, 0.4) is 0 Å². The van der Waals surface area contributed by atoms with E-state index in [1.165, 1.54) is 12.1 Å². The Kier molecular flexibility index (Phi) is 3.90. The van der Waals surface area contributed by atoms with Gasteiger partial charge in [-0.05, 0) is 41.0 Å². The Morgan fingerprint density at radius 3 is 2.50 bits per heavy atom. The van der Waals surface area contributed by atoms with Crippen molar-refractivity contribution in [3.8, 4) is 11.1 Å². The van der Waals surface area contributed by atoms with Gasteiger partial charge in [0.25, 0.3) is 5.91 Å². The van der Waals surface area contributed by atoms with Crippen LogP contribution in [0.5, 0.6) is 0 Å². The predicted molar refractivity (Wildman–Crippen MR) is 88.3 cm³/mol. The third-order valence-corrected chi connectivity index (χ3v) is 4.08. The zero-order chi connectivity index (χ0) is 15.7. The number of amides is 1. The van der Waals surface area contributed by atoms with E-state index >= 15 is 0 Å². The number of rotatable bonds is 3. The predicted octanol–water partition coefficient (Wildman–Crippen LogP) is 4.03. The summed E-state index contributed by atoms with van der Waals surface area (Å²) in [6.07, 6.45) is 0. The van der Waals surface area contributed by atoms with Gasteiger partial charge in [-0.3, -0.25) is 4.79 Å². The molecule has 5 heteroatoms. The van der Waals surface area contributed by atoms with E-state index in [9.17, 15) is 9.18 Å². The summed E-state index contributed by atoms with van der Waals surface area (Å²) in [4.78, 5) is 15.8. The van der Waals surface area contributed by atoms with Crippen LogP contribution in [0.4, 0.5) is 4.39 Å². The number of alkyl halides is 1. The number of pyridine rings is 1. The van der Waals surface area contributed by atoms with Crippen LogP contribution in [0.2, 0.25) is 0 Å². The van der Waals surface area contributed by atoms with Crippen molar-refractivity contribution in [1.82, 2.24) is 4.98 Å². The van der Waals surface area contributed by atoms with Crippen LogP contribution in [-0.2, 0) is 5.33 Å². The first-order valence-corrected chi connectivity index (χ1v) is 7.76. The number of nitrogens with two attached hydrogens (primary N) is 1. The lowest BCUT2D eigenvalue weighted by Crippen LogP contribution is -2.13. The fraction of sp³-hybridized carbons (Fsp3) is 0.0588. The lowest BCUT2D eigenvalue weighted by atomic mass is 9.99. The van der Waals surface area contributed by atoms with Crippen LogP contribution in [0.1, 0.15) is 16.1 Å². The van der Waals surface area contributed by atoms with Crippen LogP contribution < -0.4 is 5.73 Å². The summed E-state index contributed by atoms with van der Waals surface area (Å²) >= 11 is 3.40. The molecule has 0 saturated heterocycles. The molecule has 3 aromatic rings. The first-order chi connectivity index (χ1) is 10.6. The molecule has 22 heavy (non-hydrogen) atoms. The number of primary amides is 1. The average molecular weight is 359 g/mol. The molecule has 0 atom stereocenters. The molecule has 0 radical (unpaired) electrons. The molecule has 110 valence electrons. The summed E-state index contributed by atoms with van der Waals surface area (Å²) in [5.74, 6) is -0.895. The molecule has 0 saturated carbocycles. The number of carbonyl (C=O) groups excluding carboxylic acids is 1. The van der Waals surface area contributed by atoms with Gasteiger partial charge < -0.3 is 5.73 Å². The Bertz CT molecular complexity index is 862. The number of carbonyl (C=O) groups is 1. The second kappa shape index (κ2) is 5.85. The van der Waals surface area contributed by atoms with Crippen molar-refractivity contribution in [2.24, 2.45) is 5.73 Å². The number of aromatic nitrogens is 1. The maximum Gasteiger partial charge on any atom is 0.267 e. The molecule has 0 aliphatic carbocycles. The highest BCUT2D eigenvalue weighted by atomic mass is 79.9. The molecule has 1 aromatic heterocycles. The van der Waals surface area contributed by atoms with Gasteiger partial charge in [0.2, 0.25) is 0 Å². The van der Waals surface area contributed by atoms with Crippen molar-refractivity contribution in [2.45, 2.75) is 5.33 Å². The van der Waals surface area contributed by atoms with Gasteiger partial charge in [0, 0.05) is 10.7 Å². The van der Waals surface area contributed by atoms with Gasteiger partial charge in [-0.2, -0.15) is 0 Å². The minimum Gasteiger partial charge on any atom is -0.364 e. The van der Waals surface area contributed by atoms with Gasteiger partial charge in [0.05, 0.1) is 5.52 Å². The van der Waals surface area contributed by atoms with Crippen molar-refractivity contribution >= 4 is 32.7 Å². The van der Waals surface area contributed by atoms with Crippen LogP contribution >= 0.6 is 15.9 Å². The van der Waals surface area contributed by atoms with E-state index in [1.54, 1.807) is 18.2 Å². The van der Waals surface area contributed by atoms with E-state index in [4.69, 9.17) is 5.73 Å². The quantitative estimate of drug-likeness (QED) is 0.718. The van der Waals surface area contributed by atoms with E-state index in [0.29, 0.717) is 10.8 Å². The standard InChI is InChI=1S/C17H12BrFN2O/c18-9-10-1-6-13-14(11-2-4-12(19)5-3-11)8-16(17(20)22)21-15(13)7-10/h1-8H,9H2,(H2,20,22). The van der Waals surface area contributed by atoms with Gasteiger partial charge >= 0.3 is 0 Å². The van der Waals surface area contributed by atoms with E-state index in [0.717, 1.165) is 22.1 Å². The maximum absolute atomic E-state index is 13.1. The Morgan fingerprint density at radius 1 is 1.14 bits per heavy atom. The third kappa shape index (κ3) is 2.72. The van der Waals surface area contributed by atoms with Crippen LogP contribution in [0.15, 0.2) is 48.5 Å². The normalized spacial score (nSPS) is 10.8. The maximum atomic E-state index is 13.1. The highest BCUT2D eigenvalue weighted by Gasteiger charge is 2.11. The minimum absolute atomic E-state index is 0.193. The van der Waals surface area contributed by atoms with Crippen LogP contribution in [0.25, 0.3) is 22.0 Å². The number of nitrogens with zero attached hydrogens (tertiary/aromatic N) is 1. The number of hydrogen-bond donors (Lipinski definition) is 1. The van der Waals surface area contributed by atoms with Crippen LogP contribution in [0, 0.1) is 5.82 Å². The Labute approximate surface area is 135 Å². The molecule has 3 rings (SSSR count). The summed E-state index contributed by atoms with van der Waals surface area (Å²) in [5, 5.41) is 1.58. The topological polar surface area (TPSA) is 56.0 Å². The van der Waals surface area contributed by atoms with Crippen molar-refractivity contribution in [3.63, 3.8) is 0 Å². The highest BCUT2D eigenvalue weighted by molar-refractivity contribution is 9.08. The molecule has 2 aromatic carbocycles. The Hall–Kier alpha value is -2.27. The summed E-state index contributed by atoms with van der Waals surface area (Å²) in [5.41, 5.74) is 8.92. The Morgan fingerprint density at radius 2 is 1.86 bits per heavy atom. The molecule has 0 unspecified atom stereocenters. The zero-order valence-corrected chi connectivity index (χ0v) is 13.1. The molecular formula is C17H12BrFN2O. The molecule has 0 spiro atoms. The second-order valence-corrected chi connectivity index (χ2v) is 5.47. The number of hydrogen-bond acceptors (Lipinski definition) is 2. The highest BCUT2D eigenvalue weighted by Crippen LogP contribution is 2.29. The van der Waals surface area contributed by atoms with E-state index in [-0.39, 0.29) is 11.5 Å². The Balaban J connectivity index is 2.31. The molecule has 0 aliphatic rings. The molecule has 1 amide bonds. The lowest BCUT2D eigenvalue weighted by Gasteiger charge is -2.10. The van der Waals surface area contributed by atoms with Crippen molar-refractivity contribution in [3.05, 3.63) is 65.6 Å². The van der Waals surface area contributed by atoms with Gasteiger partial charge in [-0.15, -0.1) is 0 Å². The van der Waals surface area contributed by atoms with Gasteiger partial charge in [-0.1, -0.05) is 40.2 Å². The smallest absolute Gasteiger partial charge is 0.267 e. The molecular weight excluding hydrogens is 347 g/mol. The van der Waals surface area contributed by atoms with Gasteiger partial charge in [-0.25, -0.2) is 9.37 Å².